The van der Waals surface area contributed by atoms with Crippen molar-refractivity contribution in [2.45, 2.75) is 44.3 Å². The van der Waals surface area contributed by atoms with Gasteiger partial charge < -0.3 is 5.32 Å². The molecule has 2 heterocycles. The Balaban J connectivity index is 1.75. The Morgan fingerprint density at radius 2 is 2.25 bits per heavy atom. The van der Waals surface area contributed by atoms with Crippen LogP contribution in [0.1, 0.15) is 36.8 Å². The maximum Gasteiger partial charge on any atom is 0.145 e. The number of halogens is 1. The lowest BCUT2D eigenvalue weighted by Gasteiger charge is -2.29. The fourth-order valence-electron chi connectivity index (χ4n) is 3.55. The van der Waals surface area contributed by atoms with Crippen molar-refractivity contribution in [2.24, 2.45) is 0 Å². The average Bonchev–Trinajstić information content (AvgIpc) is 3.11. The van der Waals surface area contributed by atoms with Crippen molar-refractivity contribution in [1.29, 1.82) is 5.26 Å². The molecule has 20 heavy (non-hydrogen) atoms. The van der Waals surface area contributed by atoms with E-state index in [1.165, 1.54) is 25.7 Å². The highest BCUT2D eigenvalue weighted by molar-refractivity contribution is 5.35. The predicted molar refractivity (Wildman–Crippen MR) is 75.6 cm³/mol. The second-order valence-electron chi connectivity index (χ2n) is 5.77. The fourth-order valence-corrected chi connectivity index (χ4v) is 3.55. The van der Waals surface area contributed by atoms with E-state index in [-0.39, 0.29) is 11.4 Å². The van der Waals surface area contributed by atoms with Crippen LogP contribution in [0.3, 0.4) is 0 Å². The standard InChI is InChI=1S/C16H20FN3/c17-16-12(10-18)4-1-5-13(16)11-20-9-3-7-15(20)14-6-2-8-19-14/h1,4-5,14-15,19H,2-3,6-9,11H2. The van der Waals surface area contributed by atoms with Crippen molar-refractivity contribution in [3.05, 3.63) is 35.1 Å². The third-order valence-corrected chi connectivity index (χ3v) is 4.55. The van der Waals surface area contributed by atoms with Crippen molar-refractivity contribution in [1.82, 2.24) is 10.2 Å². The summed E-state index contributed by atoms with van der Waals surface area (Å²) < 4.78 is 14.2. The number of benzene rings is 1. The van der Waals surface area contributed by atoms with Gasteiger partial charge in [0.1, 0.15) is 11.9 Å². The number of hydrogen-bond acceptors (Lipinski definition) is 3. The van der Waals surface area contributed by atoms with Crippen LogP contribution in [0.4, 0.5) is 4.39 Å². The van der Waals surface area contributed by atoms with E-state index in [1.807, 2.05) is 6.07 Å². The van der Waals surface area contributed by atoms with Gasteiger partial charge in [-0.25, -0.2) is 4.39 Å². The number of nitrogens with zero attached hydrogens (tertiary/aromatic N) is 2. The zero-order valence-electron chi connectivity index (χ0n) is 11.6. The zero-order valence-corrected chi connectivity index (χ0v) is 11.6. The van der Waals surface area contributed by atoms with E-state index in [9.17, 15) is 4.39 Å². The fraction of sp³-hybridized carbons (Fsp3) is 0.562. The highest BCUT2D eigenvalue weighted by atomic mass is 19.1. The van der Waals surface area contributed by atoms with Gasteiger partial charge >= 0.3 is 0 Å². The highest BCUT2D eigenvalue weighted by Gasteiger charge is 2.33. The first kappa shape index (κ1) is 13.5. The third-order valence-electron chi connectivity index (χ3n) is 4.55. The molecule has 0 spiro atoms. The highest BCUT2D eigenvalue weighted by Crippen LogP contribution is 2.27. The summed E-state index contributed by atoms with van der Waals surface area (Å²) >= 11 is 0. The van der Waals surface area contributed by atoms with Crippen molar-refractivity contribution in [2.75, 3.05) is 13.1 Å². The summed E-state index contributed by atoms with van der Waals surface area (Å²) in [5.74, 6) is -0.347. The number of rotatable bonds is 3. The largest absolute Gasteiger partial charge is 0.312 e. The summed E-state index contributed by atoms with van der Waals surface area (Å²) in [6.07, 6.45) is 4.84. The van der Waals surface area contributed by atoms with E-state index in [0.717, 1.165) is 13.1 Å². The zero-order chi connectivity index (χ0) is 13.9. The number of nitrogens with one attached hydrogen (secondary N) is 1. The minimum atomic E-state index is -0.347. The van der Waals surface area contributed by atoms with Crippen LogP contribution >= 0.6 is 0 Å². The van der Waals surface area contributed by atoms with Crippen LogP contribution in [0.15, 0.2) is 18.2 Å². The molecule has 106 valence electrons. The lowest BCUT2D eigenvalue weighted by Crippen LogP contribution is -2.43. The molecule has 0 saturated carbocycles. The van der Waals surface area contributed by atoms with Gasteiger partial charge in [0.05, 0.1) is 5.56 Å². The Kier molecular flexibility index (Phi) is 4.00. The van der Waals surface area contributed by atoms with Gasteiger partial charge in [-0.15, -0.1) is 0 Å². The second-order valence-corrected chi connectivity index (χ2v) is 5.77. The van der Waals surface area contributed by atoms with Gasteiger partial charge in [-0.05, 0) is 44.8 Å². The summed E-state index contributed by atoms with van der Waals surface area (Å²) in [4.78, 5) is 2.38. The summed E-state index contributed by atoms with van der Waals surface area (Å²) in [5.41, 5.74) is 0.797. The van der Waals surface area contributed by atoms with Gasteiger partial charge in [0.2, 0.25) is 0 Å². The van der Waals surface area contributed by atoms with Crippen LogP contribution in [0.2, 0.25) is 0 Å². The van der Waals surface area contributed by atoms with Gasteiger partial charge in [-0.2, -0.15) is 5.26 Å². The van der Waals surface area contributed by atoms with Crippen LogP contribution in [-0.2, 0) is 6.54 Å². The van der Waals surface area contributed by atoms with Gasteiger partial charge in [0, 0.05) is 24.2 Å². The molecule has 0 aromatic heterocycles. The van der Waals surface area contributed by atoms with E-state index in [0.29, 0.717) is 24.2 Å². The Hall–Kier alpha value is -1.44. The number of likely N-dealkylation sites (tertiary alicyclic amines) is 1. The Labute approximate surface area is 119 Å². The predicted octanol–water partition coefficient (Wildman–Crippen LogP) is 2.41. The number of hydrogen-bond donors (Lipinski definition) is 1. The number of nitriles is 1. The van der Waals surface area contributed by atoms with E-state index in [1.54, 1.807) is 18.2 Å². The Bertz CT molecular complexity index is 517. The molecule has 2 aliphatic heterocycles. The average molecular weight is 273 g/mol. The van der Waals surface area contributed by atoms with Crippen LogP contribution in [0.25, 0.3) is 0 Å². The molecule has 0 bridgehead atoms. The molecule has 3 nitrogen and oxygen atoms in total. The van der Waals surface area contributed by atoms with E-state index >= 15 is 0 Å². The molecule has 3 rings (SSSR count). The SMILES string of the molecule is N#Cc1cccc(CN2CCCC2C2CCCN2)c1F. The molecule has 2 fully saturated rings. The molecule has 2 unspecified atom stereocenters. The molecule has 1 aromatic rings. The molecule has 2 aliphatic rings. The minimum Gasteiger partial charge on any atom is -0.312 e. The topological polar surface area (TPSA) is 39.1 Å². The van der Waals surface area contributed by atoms with Gasteiger partial charge in [0.15, 0.2) is 0 Å². The van der Waals surface area contributed by atoms with Crippen molar-refractivity contribution >= 4 is 0 Å². The molecule has 2 saturated heterocycles. The Morgan fingerprint density at radius 3 is 3.00 bits per heavy atom. The van der Waals surface area contributed by atoms with E-state index in [2.05, 4.69) is 10.2 Å². The van der Waals surface area contributed by atoms with Crippen LogP contribution in [0, 0.1) is 17.1 Å². The van der Waals surface area contributed by atoms with Crippen molar-refractivity contribution in [3.63, 3.8) is 0 Å². The summed E-state index contributed by atoms with van der Waals surface area (Å²) in [5, 5.41) is 12.5. The van der Waals surface area contributed by atoms with Crippen LogP contribution < -0.4 is 5.32 Å². The molecule has 0 aliphatic carbocycles. The molecular formula is C16H20FN3. The third kappa shape index (κ3) is 2.56. The summed E-state index contributed by atoms with van der Waals surface area (Å²) in [7, 11) is 0. The molecule has 0 amide bonds. The van der Waals surface area contributed by atoms with E-state index in [4.69, 9.17) is 5.26 Å². The van der Waals surface area contributed by atoms with Gasteiger partial charge in [-0.3, -0.25) is 4.90 Å². The lowest BCUT2D eigenvalue weighted by molar-refractivity contribution is 0.204. The van der Waals surface area contributed by atoms with Crippen molar-refractivity contribution in [3.8, 4) is 6.07 Å². The lowest BCUT2D eigenvalue weighted by atomic mass is 10.0. The monoisotopic (exact) mass is 273 g/mol. The summed E-state index contributed by atoms with van der Waals surface area (Å²) in [6, 6.07) is 8.11. The Morgan fingerprint density at radius 1 is 1.35 bits per heavy atom. The van der Waals surface area contributed by atoms with Gasteiger partial charge in [-0.1, -0.05) is 12.1 Å². The van der Waals surface area contributed by atoms with Crippen molar-refractivity contribution < 1.29 is 4.39 Å². The maximum atomic E-state index is 14.2. The van der Waals surface area contributed by atoms with E-state index < -0.39 is 0 Å². The second kappa shape index (κ2) is 5.90. The first-order valence-corrected chi connectivity index (χ1v) is 7.44. The molecule has 1 aromatic carbocycles. The normalized spacial score (nSPS) is 26.8. The maximum absolute atomic E-state index is 14.2. The molecular weight excluding hydrogens is 253 g/mol. The minimum absolute atomic E-state index is 0.150. The molecule has 4 heteroatoms. The van der Waals surface area contributed by atoms with Gasteiger partial charge in [0.25, 0.3) is 0 Å². The first-order chi connectivity index (χ1) is 9.79. The molecule has 0 radical (unpaired) electrons. The summed E-state index contributed by atoms with van der Waals surface area (Å²) in [6.45, 7) is 2.75. The van der Waals surface area contributed by atoms with Crippen LogP contribution in [0.5, 0.6) is 0 Å². The molecule has 1 N–H and O–H groups in total. The van der Waals surface area contributed by atoms with Crippen LogP contribution in [-0.4, -0.2) is 30.1 Å². The quantitative estimate of drug-likeness (QED) is 0.919. The molecule has 2 atom stereocenters. The smallest absolute Gasteiger partial charge is 0.145 e. The first-order valence-electron chi connectivity index (χ1n) is 7.44.